The predicted molar refractivity (Wildman–Crippen MR) is 106 cm³/mol. The van der Waals surface area contributed by atoms with Gasteiger partial charge >= 0.3 is 0 Å². The van der Waals surface area contributed by atoms with Gasteiger partial charge in [-0.15, -0.1) is 11.8 Å². The Morgan fingerprint density at radius 2 is 1.88 bits per heavy atom. The van der Waals surface area contributed by atoms with Gasteiger partial charge in [0.25, 0.3) is 5.91 Å². The molecular formula is C18H18INO4S. The van der Waals surface area contributed by atoms with Crippen LogP contribution in [0, 0.1) is 0 Å². The van der Waals surface area contributed by atoms with Crippen molar-refractivity contribution >= 4 is 45.9 Å². The molecule has 0 aromatic heterocycles. The van der Waals surface area contributed by atoms with E-state index in [1.165, 1.54) is 16.7 Å². The number of para-hydroxylation sites is 1. The van der Waals surface area contributed by atoms with Crippen LogP contribution in [0.1, 0.15) is 10.8 Å². The van der Waals surface area contributed by atoms with Gasteiger partial charge in [-0.2, -0.15) is 0 Å². The molecule has 1 heterocycles. The minimum atomic E-state index is -1.19. The van der Waals surface area contributed by atoms with E-state index < -0.39 is 17.3 Å². The van der Waals surface area contributed by atoms with E-state index in [1.807, 2.05) is 48.5 Å². The molecule has 0 saturated carbocycles. The fourth-order valence-electron chi connectivity index (χ4n) is 2.79. The number of aliphatic hydroxyl groups is 2. The van der Waals surface area contributed by atoms with Gasteiger partial charge in [0.05, 0.1) is 17.5 Å². The molecule has 0 spiro atoms. The van der Waals surface area contributed by atoms with Crippen LogP contribution in [0.5, 0.6) is 5.75 Å². The molecule has 132 valence electrons. The van der Waals surface area contributed by atoms with Gasteiger partial charge in [-0.05, 0) is 52.4 Å². The number of fused-ring (bicyclic) bond motifs is 1. The standard InChI is InChI=1S/C18H18INO4S/c19-11-24-13-7-5-12(6-8-13)17-16(22)18(23)20(9-10-21)14-3-1-2-4-15(14)25-17/h1-8,16-17,21-22H,9-11H2/t16-,17+/m1/s1. The Bertz CT molecular complexity index is 740. The molecule has 2 N–H and O–H groups in total. The summed E-state index contributed by atoms with van der Waals surface area (Å²) in [6.45, 7) is -0.00686. The largest absolute Gasteiger partial charge is 0.483 e. The van der Waals surface area contributed by atoms with Crippen LogP contribution in [0.25, 0.3) is 0 Å². The van der Waals surface area contributed by atoms with Crippen molar-refractivity contribution in [3.63, 3.8) is 0 Å². The number of halogens is 1. The smallest absolute Gasteiger partial charge is 0.257 e. The van der Waals surface area contributed by atoms with Crippen molar-refractivity contribution in [3.8, 4) is 5.75 Å². The highest BCUT2D eigenvalue weighted by Crippen LogP contribution is 2.45. The van der Waals surface area contributed by atoms with E-state index in [0.717, 1.165) is 21.9 Å². The van der Waals surface area contributed by atoms with Crippen LogP contribution in [0.2, 0.25) is 0 Å². The number of hydrogen-bond donors (Lipinski definition) is 2. The zero-order chi connectivity index (χ0) is 17.8. The summed E-state index contributed by atoms with van der Waals surface area (Å²) in [6, 6.07) is 14.9. The van der Waals surface area contributed by atoms with Crippen LogP contribution < -0.4 is 9.64 Å². The quantitative estimate of drug-likeness (QED) is 0.519. The van der Waals surface area contributed by atoms with E-state index in [-0.39, 0.29) is 13.2 Å². The first kappa shape index (κ1) is 18.5. The molecule has 0 radical (unpaired) electrons. The molecule has 2 aromatic carbocycles. The maximum atomic E-state index is 12.8. The van der Waals surface area contributed by atoms with Gasteiger partial charge in [-0.25, -0.2) is 0 Å². The van der Waals surface area contributed by atoms with Crippen LogP contribution in [0.4, 0.5) is 5.69 Å². The number of carbonyl (C=O) groups excluding carboxylic acids is 1. The second kappa shape index (κ2) is 8.39. The SMILES string of the molecule is O=C1[C@H](O)[C@H](c2ccc(OCI)cc2)Sc2ccccc2N1CCO. The fraction of sp³-hybridized carbons (Fsp3) is 0.278. The first-order valence-electron chi connectivity index (χ1n) is 7.80. The Hall–Kier alpha value is -1.29. The molecule has 0 fully saturated rings. The predicted octanol–water partition coefficient (Wildman–Crippen LogP) is 2.99. The second-order valence-corrected chi connectivity index (χ2v) is 7.29. The van der Waals surface area contributed by atoms with Gasteiger partial charge < -0.3 is 19.8 Å². The number of ether oxygens (including phenoxy) is 1. The lowest BCUT2D eigenvalue weighted by molar-refractivity contribution is -0.126. The zero-order valence-corrected chi connectivity index (χ0v) is 16.3. The van der Waals surface area contributed by atoms with Crippen molar-refractivity contribution in [1.29, 1.82) is 0 Å². The Kier molecular flexibility index (Phi) is 6.21. The van der Waals surface area contributed by atoms with E-state index in [9.17, 15) is 15.0 Å². The number of benzene rings is 2. The number of carbonyl (C=O) groups is 1. The van der Waals surface area contributed by atoms with Crippen molar-refractivity contribution < 1.29 is 19.7 Å². The topological polar surface area (TPSA) is 70.0 Å². The monoisotopic (exact) mass is 471 g/mol. The highest BCUT2D eigenvalue weighted by Gasteiger charge is 2.36. The van der Waals surface area contributed by atoms with Crippen molar-refractivity contribution in [2.45, 2.75) is 16.2 Å². The van der Waals surface area contributed by atoms with Gasteiger partial charge in [0.1, 0.15) is 16.5 Å². The molecule has 5 nitrogen and oxygen atoms in total. The van der Waals surface area contributed by atoms with Crippen molar-refractivity contribution in [3.05, 3.63) is 54.1 Å². The van der Waals surface area contributed by atoms with Crippen LogP contribution >= 0.6 is 34.4 Å². The van der Waals surface area contributed by atoms with Gasteiger partial charge in [0.15, 0.2) is 0 Å². The van der Waals surface area contributed by atoms with E-state index in [1.54, 1.807) is 0 Å². The van der Waals surface area contributed by atoms with Gasteiger partial charge in [-0.3, -0.25) is 4.79 Å². The average Bonchev–Trinajstić information content (AvgIpc) is 2.74. The second-order valence-electron chi connectivity index (χ2n) is 5.49. The number of thioether (sulfide) groups is 1. The minimum Gasteiger partial charge on any atom is -0.483 e. The van der Waals surface area contributed by atoms with Gasteiger partial charge in [0.2, 0.25) is 0 Å². The molecule has 1 aliphatic heterocycles. The summed E-state index contributed by atoms with van der Waals surface area (Å²) in [5.41, 5.74) is 1.57. The van der Waals surface area contributed by atoms with E-state index in [2.05, 4.69) is 22.6 Å². The number of amides is 1. The summed E-state index contributed by atoms with van der Waals surface area (Å²) in [4.78, 5) is 15.1. The van der Waals surface area contributed by atoms with Crippen molar-refractivity contribution in [2.75, 3.05) is 22.7 Å². The van der Waals surface area contributed by atoms with Gasteiger partial charge in [-0.1, -0.05) is 24.3 Å². The number of anilines is 1. The minimum absolute atomic E-state index is 0.155. The molecule has 0 bridgehead atoms. The lowest BCUT2D eigenvalue weighted by Gasteiger charge is -2.24. The van der Waals surface area contributed by atoms with Crippen molar-refractivity contribution in [2.24, 2.45) is 0 Å². The van der Waals surface area contributed by atoms with Crippen LogP contribution in [-0.2, 0) is 4.79 Å². The summed E-state index contributed by atoms with van der Waals surface area (Å²) in [5, 5.41) is 19.6. The third-order valence-corrected chi connectivity index (χ3v) is 5.66. The summed E-state index contributed by atoms with van der Waals surface area (Å²) in [5.74, 6) is 0.351. The third kappa shape index (κ3) is 3.94. The number of nitrogens with zero attached hydrogens (tertiary/aromatic N) is 1. The lowest BCUT2D eigenvalue weighted by atomic mass is 10.1. The summed E-state index contributed by atoms with van der Waals surface area (Å²) in [7, 11) is 0. The van der Waals surface area contributed by atoms with E-state index in [4.69, 9.17) is 4.74 Å². The third-order valence-electron chi connectivity index (χ3n) is 3.97. The van der Waals surface area contributed by atoms with Crippen LogP contribution in [0.3, 0.4) is 0 Å². The highest BCUT2D eigenvalue weighted by atomic mass is 127. The summed E-state index contributed by atoms with van der Waals surface area (Å²) in [6.07, 6.45) is -1.19. The lowest BCUT2D eigenvalue weighted by Crippen LogP contribution is -2.41. The number of β-amino-alcohol motifs (C(OH)–C–C–N with tert-alkyl or cyclic N) is 1. The molecule has 1 amide bonds. The number of hydrogen-bond acceptors (Lipinski definition) is 5. The first-order chi connectivity index (χ1) is 12.2. The average molecular weight is 471 g/mol. The Balaban J connectivity index is 1.97. The molecule has 3 rings (SSSR count). The van der Waals surface area contributed by atoms with Crippen LogP contribution in [0.15, 0.2) is 53.4 Å². The molecule has 7 heteroatoms. The molecular weight excluding hydrogens is 453 g/mol. The molecule has 25 heavy (non-hydrogen) atoms. The Morgan fingerprint density at radius 1 is 1.16 bits per heavy atom. The zero-order valence-electron chi connectivity index (χ0n) is 13.3. The normalized spacial score (nSPS) is 20.1. The molecule has 0 aliphatic carbocycles. The number of rotatable bonds is 5. The van der Waals surface area contributed by atoms with Crippen molar-refractivity contribution in [1.82, 2.24) is 0 Å². The molecule has 0 unspecified atom stereocenters. The van der Waals surface area contributed by atoms with Gasteiger partial charge in [0, 0.05) is 11.4 Å². The first-order valence-corrected chi connectivity index (χ1v) is 10.2. The van der Waals surface area contributed by atoms with E-state index >= 15 is 0 Å². The number of alkyl halides is 1. The molecule has 2 atom stereocenters. The Labute approximate surface area is 164 Å². The van der Waals surface area contributed by atoms with E-state index in [0.29, 0.717) is 4.61 Å². The summed E-state index contributed by atoms with van der Waals surface area (Å²) >= 11 is 3.58. The molecule has 1 aliphatic rings. The maximum absolute atomic E-state index is 12.8. The molecule has 2 aromatic rings. The maximum Gasteiger partial charge on any atom is 0.257 e. The fourth-order valence-corrected chi connectivity index (χ4v) is 4.41. The molecule has 0 saturated heterocycles. The summed E-state index contributed by atoms with van der Waals surface area (Å²) < 4.78 is 6.00. The van der Waals surface area contributed by atoms with Crippen LogP contribution in [-0.4, -0.2) is 40.0 Å². The number of aliphatic hydroxyl groups excluding tert-OH is 2. The highest BCUT2D eigenvalue weighted by molar-refractivity contribution is 14.1. The Morgan fingerprint density at radius 3 is 2.56 bits per heavy atom.